The van der Waals surface area contributed by atoms with E-state index in [1.54, 1.807) is 36.4 Å². The Morgan fingerprint density at radius 1 is 1.14 bits per heavy atom. The lowest BCUT2D eigenvalue weighted by atomic mass is 10.0. The van der Waals surface area contributed by atoms with Gasteiger partial charge in [-0.25, -0.2) is 0 Å². The van der Waals surface area contributed by atoms with Crippen LogP contribution < -0.4 is 5.32 Å². The highest BCUT2D eigenvalue weighted by Gasteiger charge is 2.36. The van der Waals surface area contributed by atoms with Gasteiger partial charge in [-0.05, 0) is 16.8 Å². The lowest BCUT2D eigenvalue weighted by Crippen LogP contribution is -2.37. The van der Waals surface area contributed by atoms with Crippen LogP contribution in [0.2, 0.25) is 0 Å². The molecule has 0 fully saturated rings. The van der Waals surface area contributed by atoms with Crippen LogP contribution in [0.4, 0.5) is 13.2 Å². The summed E-state index contributed by atoms with van der Waals surface area (Å²) in [5, 5.41) is 14.0. The number of carbonyl (C=O) groups is 1. The van der Waals surface area contributed by atoms with Gasteiger partial charge in [0.15, 0.2) is 5.71 Å². The Hall–Kier alpha value is -2.57. The first-order valence-electron chi connectivity index (χ1n) is 5.97. The number of amides is 1. The molecule has 7 heteroatoms. The van der Waals surface area contributed by atoms with Gasteiger partial charge in [-0.15, -0.1) is 0 Å². The van der Waals surface area contributed by atoms with Gasteiger partial charge in [0.2, 0.25) is 0 Å². The van der Waals surface area contributed by atoms with Crippen LogP contribution in [0.5, 0.6) is 0 Å². The third-order valence-corrected chi connectivity index (χ3v) is 2.90. The van der Waals surface area contributed by atoms with Crippen molar-refractivity contribution in [1.82, 2.24) is 5.32 Å². The minimum absolute atomic E-state index is 0.257. The largest absolute Gasteiger partial charge is 0.434 e. The molecule has 21 heavy (non-hydrogen) atoms. The van der Waals surface area contributed by atoms with E-state index in [1.165, 1.54) is 6.07 Å². The van der Waals surface area contributed by atoms with Gasteiger partial charge in [-0.3, -0.25) is 4.79 Å². The second-order valence-corrected chi connectivity index (χ2v) is 4.25. The second kappa shape index (κ2) is 5.82. The van der Waals surface area contributed by atoms with Gasteiger partial charge in [0.05, 0.1) is 6.54 Å². The van der Waals surface area contributed by atoms with Crippen LogP contribution in [0, 0.1) is 0 Å². The van der Waals surface area contributed by atoms with Crippen LogP contribution in [-0.2, 0) is 0 Å². The summed E-state index contributed by atoms with van der Waals surface area (Å²) in [7, 11) is 0. The van der Waals surface area contributed by atoms with E-state index in [2.05, 4.69) is 10.5 Å². The van der Waals surface area contributed by atoms with Crippen LogP contribution >= 0.6 is 0 Å². The molecule has 0 aliphatic rings. The summed E-state index contributed by atoms with van der Waals surface area (Å²) in [5.41, 5.74) is -1.20. The van der Waals surface area contributed by atoms with Crippen molar-refractivity contribution < 1.29 is 23.2 Å². The van der Waals surface area contributed by atoms with Gasteiger partial charge in [0, 0.05) is 5.56 Å². The predicted molar refractivity (Wildman–Crippen MR) is 71.6 cm³/mol. The van der Waals surface area contributed by atoms with Crippen molar-refractivity contribution in [3.8, 4) is 0 Å². The molecule has 2 aromatic rings. The number of hydrogen-bond donors (Lipinski definition) is 2. The Bertz CT molecular complexity index is 691. The van der Waals surface area contributed by atoms with Gasteiger partial charge >= 0.3 is 6.18 Å². The third-order valence-electron chi connectivity index (χ3n) is 2.90. The van der Waals surface area contributed by atoms with Crippen molar-refractivity contribution in [2.45, 2.75) is 6.18 Å². The highest BCUT2D eigenvalue weighted by molar-refractivity contribution is 6.08. The van der Waals surface area contributed by atoms with Crippen LogP contribution in [0.3, 0.4) is 0 Å². The van der Waals surface area contributed by atoms with Gasteiger partial charge < -0.3 is 10.5 Å². The molecule has 0 saturated heterocycles. The minimum atomic E-state index is -4.79. The molecule has 110 valence electrons. The van der Waals surface area contributed by atoms with E-state index in [9.17, 15) is 18.0 Å². The Morgan fingerprint density at radius 2 is 1.81 bits per heavy atom. The van der Waals surface area contributed by atoms with E-state index in [0.29, 0.717) is 5.39 Å². The lowest BCUT2D eigenvalue weighted by molar-refractivity contribution is -0.0620. The zero-order valence-electron chi connectivity index (χ0n) is 10.7. The summed E-state index contributed by atoms with van der Waals surface area (Å²) < 4.78 is 37.2. The Morgan fingerprint density at radius 3 is 2.48 bits per heavy atom. The first-order chi connectivity index (χ1) is 9.93. The highest BCUT2D eigenvalue weighted by Crippen LogP contribution is 2.19. The fraction of sp³-hybridized carbons (Fsp3) is 0.143. The first kappa shape index (κ1) is 14.8. The smallest absolute Gasteiger partial charge is 0.411 e. The predicted octanol–water partition coefficient (Wildman–Crippen LogP) is 2.96. The van der Waals surface area contributed by atoms with E-state index in [0.717, 1.165) is 5.39 Å². The molecule has 2 N–H and O–H groups in total. The van der Waals surface area contributed by atoms with E-state index >= 15 is 0 Å². The average Bonchev–Trinajstić information content (AvgIpc) is 2.45. The molecule has 2 aromatic carbocycles. The number of rotatable bonds is 3. The topological polar surface area (TPSA) is 61.7 Å². The summed E-state index contributed by atoms with van der Waals surface area (Å²) in [4.78, 5) is 12.0. The fourth-order valence-electron chi connectivity index (χ4n) is 1.87. The molecule has 0 unspecified atom stereocenters. The molecule has 0 atom stereocenters. The molecule has 1 amide bonds. The first-order valence-corrected chi connectivity index (χ1v) is 5.97. The molecule has 0 radical (unpaired) electrons. The maximum absolute atomic E-state index is 12.4. The molecule has 0 saturated carbocycles. The number of fused-ring (bicyclic) bond motifs is 1. The van der Waals surface area contributed by atoms with Crippen LogP contribution in [0.25, 0.3) is 10.8 Å². The molecule has 2 rings (SSSR count). The van der Waals surface area contributed by atoms with Crippen molar-refractivity contribution in [2.24, 2.45) is 5.16 Å². The van der Waals surface area contributed by atoms with E-state index in [1.807, 2.05) is 0 Å². The summed E-state index contributed by atoms with van der Waals surface area (Å²) in [6, 6.07) is 12.0. The number of alkyl halides is 3. The molecule has 0 aliphatic heterocycles. The number of hydrogen-bond acceptors (Lipinski definition) is 3. The van der Waals surface area contributed by atoms with Crippen LogP contribution in [0.15, 0.2) is 47.6 Å². The molecule has 0 spiro atoms. The SMILES string of the molecule is O=C(NCC(=NO)C(F)(F)F)c1cccc2ccccc12. The van der Waals surface area contributed by atoms with Crippen molar-refractivity contribution in [1.29, 1.82) is 0 Å². The number of benzene rings is 2. The molecule has 0 aliphatic carbocycles. The number of halogens is 3. The molecule has 0 aromatic heterocycles. The molecular formula is C14H11F3N2O2. The van der Waals surface area contributed by atoms with Crippen molar-refractivity contribution in [2.75, 3.05) is 6.54 Å². The summed E-state index contributed by atoms with van der Waals surface area (Å²) in [5.74, 6) is -0.669. The van der Waals surface area contributed by atoms with Crippen LogP contribution in [0.1, 0.15) is 10.4 Å². The molecule has 0 bridgehead atoms. The summed E-state index contributed by atoms with van der Waals surface area (Å²) in [6.07, 6.45) is -4.79. The standard InChI is InChI=1S/C14H11F3N2O2/c15-14(16,17)12(19-21)8-18-13(20)11-7-3-5-9-4-1-2-6-10(9)11/h1-7,21H,8H2,(H,18,20). The zero-order chi connectivity index (χ0) is 15.5. The van der Waals surface area contributed by atoms with E-state index in [-0.39, 0.29) is 5.56 Å². The lowest BCUT2D eigenvalue weighted by Gasteiger charge is -2.11. The highest BCUT2D eigenvalue weighted by atomic mass is 19.4. The van der Waals surface area contributed by atoms with Crippen molar-refractivity contribution in [3.05, 3.63) is 48.0 Å². The minimum Gasteiger partial charge on any atom is -0.411 e. The normalized spacial score (nSPS) is 12.4. The number of oxime groups is 1. The summed E-state index contributed by atoms with van der Waals surface area (Å²) in [6.45, 7) is -0.901. The molecule has 4 nitrogen and oxygen atoms in total. The molecular weight excluding hydrogens is 285 g/mol. The number of nitrogens with one attached hydrogen (secondary N) is 1. The van der Waals surface area contributed by atoms with Crippen molar-refractivity contribution >= 4 is 22.4 Å². The fourth-order valence-corrected chi connectivity index (χ4v) is 1.87. The van der Waals surface area contributed by atoms with Gasteiger partial charge in [0.1, 0.15) is 0 Å². The Labute approximate surface area is 117 Å². The third kappa shape index (κ3) is 3.31. The number of nitrogens with zero attached hydrogens (tertiary/aromatic N) is 1. The maximum Gasteiger partial charge on any atom is 0.434 e. The monoisotopic (exact) mass is 296 g/mol. The Kier molecular flexibility index (Phi) is 4.11. The van der Waals surface area contributed by atoms with Crippen molar-refractivity contribution in [3.63, 3.8) is 0 Å². The molecule has 0 heterocycles. The van der Waals surface area contributed by atoms with E-state index < -0.39 is 24.3 Å². The summed E-state index contributed by atoms with van der Waals surface area (Å²) >= 11 is 0. The van der Waals surface area contributed by atoms with Gasteiger partial charge in [0.25, 0.3) is 5.91 Å². The van der Waals surface area contributed by atoms with E-state index in [4.69, 9.17) is 5.21 Å². The van der Waals surface area contributed by atoms with Gasteiger partial charge in [-0.2, -0.15) is 13.2 Å². The average molecular weight is 296 g/mol. The number of carbonyl (C=O) groups excluding carboxylic acids is 1. The quantitative estimate of drug-likeness (QED) is 0.519. The maximum atomic E-state index is 12.4. The Balaban J connectivity index is 2.20. The second-order valence-electron chi connectivity index (χ2n) is 4.25. The van der Waals surface area contributed by atoms with Gasteiger partial charge in [-0.1, -0.05) is 41.6 Å². The van der Waals surface area contributed by atoms with Crippen LogP contribution in [-0.4, -0.2) is 29.5 Å². The zero-order valence-corrected chi connectivity index (χ0v) is 10.7.